The third-order valence-corrected chi connectivity index (χ3v) is 3.85. The lowest BCUT2D eigenvalue weighted by atomic mass is 10.1. The molecule has 0 saturated heterocycles. The molecule has 0 aliphatic carbocycles. The molecule has 1 amide bonds. The van der Waals surface area contributed by atoms with Crippen molar-refractivity contribution in [3.8, 4) is 5.75 Å². The Morgan fingerprint density at radius 1 is 1.35 bits per heavy atom. The van der Waals surface area contributed by atoms with Gasteiger partial charge in [0.1, 0.15) is 5.75 Å². The minimum absolute atomic E-state index is 0.101. The fourth-order valence-electron chi connectivity index (χ4n) is 1.35. The smallest absolute Gasteiger partial charge is 0.244 e. The summed E-state index contributed by atoms with van der Waals surface area (Å²) in [6.45, 7) is 3.39. The molecule has 0 aromatic heterocycles. The maximum absolute atomic E-state index is 12.1. The van der Waals surface area contributed by atoms with Crippen molar-refractivity contribution < 1.29 is 17.9 Å². The van der Waals surface area contributed by atoms with E-state index in [1.54, 1.807) is 20.9 Å². The van der Waals surface area contributed by atoms with Crippen LogP contribution in [0.4, 0.5) is 5.69 Å². The standard InChI is InChI=1S/C12H19N3O4S/c1-12(2,14-3)11(16)15-9-7-8(20(13,17)18)5-6-10(9)19-4/h5-7,14H,1-4H3,(H,15,16)(H2,13,17,18). The van der Waals surface area contributed by atoms with E-state index in [2.05, 4.69) is 10.6 Å². The summed E-state index contributed by atoms with van der Waals surface area (Å²) in [4.78, 5) is 12.0. The van der Waals surface area contributed by atoms with Gasteiger partial charge >= 0.3 is 0 Å². The van der Waals surface area contributed by atoms with Crippen molar-refractivity contribution in [3.63, 3.8) is 0 Å². The maximum atomic E-state index is 12.1. The number of primary sulfonamides is 1. The molecule has 7 nitrogen and oxygen atoms in total. The van der Waals surface area contributed by atoms with Crippen molar-refractivity contribution in [1.29, 1.82) is 0 Å². The molecule has 4 N–H and O–H groups in total. The molecule has 1 aromatic carbocycles. The predicted octanol–water partition coefficient (Wildman–Crippen LogP) is 0.279. The van der Waals surface area contributed by atoms with Crippen LogP contribution in [0.25, 0.3) is 0 Å². The second-order valence-corrected chi connectivity index (χ2v) is 6.30. The number of anilines is 1. The summed E-state index contributed by atoms with van der Waals surface area (Å²) in [5, 5.41) is 10.5. The molecular weight excluding hydrogens is 282 g/mol. The number of methoxy groups -OCH3 is 1. The summed E-state index contributed by atoms with van der Waals surface area (Å²) in [7, 11) is -0.778. The molecule has 0 aliphatic rings. The van der Waals surface area contributed by atoms with Crippen LogP contribution in [0.1, 0.15) is 13.8 Å². The molecule has 112 valence electrons. The average Bonchev–Trinajstić information content (AvgIpc) is 2.37. The SMILES string of the molecule is CNC(C)(C)C(=O)Nc1cc(S(N)(=O)=O)ccc1OC. The van der Waals surface area contributed by atoms with Crippen LogP contribution in [0, 0.1) is 0 Å². The third-order valence-electron chi connectivity index (χ3n) is 2.94. The molecule has 0 saturated carbocycles. The number of likely N-dealkylation sites (N-methyl/N-ethyl adjacent to an activating group) is 1. The predicted molar refractivity (Wildman–Crippen MR) is 76.1 cm³/mol. The van der Waals surface area contributed by atoms with Gasteiger partial charge in [0.2, 0.25) is 15.9 Å². The van der Waals surface area contributed by atoms with Gasteiger partial charge in [-0.3, -0.25) is 4.79 Å². The molecule has 0 fully saturated rings. The van der Waals surface area contributed by atoms with E-state index >= 15 is 0 Å². The number of benzene rings is 1. The Balaban J connectivity index is 3.19. The second-order valence-electron chi connectivity index (χ2n) is 4.74. The Labute approximate surface area is 118 Å². The highest BCUT2D eigenvalue weighted by atomic mass is 32.2. The van der Waals surface area contributed by atoms with Crippen LogP contribution >= 0.6 is 0 Å². The number of ether oxygens (including phenoxy) is 1. The van der Waals surface area contributed by atoms with E-state index in [-0.39, 0.29) is 16.5 Å². The highest BCUT2D eigenvalue weighted by Crippen LogP contribution is 2.27. The minimum Gasteiger partial charge on any atom is -0.495 e. The number of nitrogens with one attached hydrogen (secondary N) is 2. The van der Waals surface area contributed by atoms with E-state index in [4.69, 9.17) is 9.88 Å². The highest BCUT2D eigenvalue weighted by Gasteiger charge is 2.26. The Hall–Kier alpha value is -1.64. The summed E-state index contributed by atoms with van der Waals surface area (Å²) in [5.74, 6) is 0.0162. The van der Waals surface area contributed by atoms with Crippen molar-refractivity contribution in [2.45, 2.75) is 24.3 Å². The zero-order valence-corrected chi connectivity index (χ0v) is 12.7. The van der Waals surface area contributed by atoms with Gasteiger partial charge in [-0.05, 0) is 39.1 Å². The first kappa shape index (κ1) is 16.4. The number of sulfonamides is 1. The molecule has 8 heteroatoms. The molecule has 0 unspecified atom stereocenters. The van der Waals surface area contributed by atoms with Crippen molar-refractivity contribution in [2.75, 3.05) is 19.5 Å². The lowest BCUT2D eigenvalue weighted by Crippen LogP contribution is -2.47. The van der Waals surface area contributed by atoms with Gasteiger partial charge in [-0.2, -0.15) is 0 Å². The number of amides is 1. The van der Waals surface area contributed by atoms with Crippen LogP contribution < -0.4 is 20.5 Å². The summed E-state index contributed by atoms with van der Waals surface area (Å²) < 4.78 is 27.8. The fourth-order valence-corrected chi connectivity index (χ4v) is 1.89. The monoisotopic (exact) mass is 301 g/mol. The van der Waals surface area contributed by atoms with Crippen LogP contribution in [0.5, 0.6) is 5.75 Å². The van der Waals surface area contributed by atoms with Gasteiger partial charge in [0.05, 0.1) is 23.2 Å². The van der Waals surface area contributed by atoms with Crippen LogP contribution in [0.15, 0.2) is 23.1 Å². The summed E-state index contributed by atoms with van der Waals surface area (Å²) in [5.41, 5.74) is -0.574. The van der Waals surface area contributed by atoms with E-state index < -0.39 is 15.6 Å². The van der Waals surface area contributed by atoms with Gasteiger partial charge in [-0.1, -0.05) is 0 Å². The topological polar surface area (TPSA) is 111 Å². The van der Waals surface area contributed by atoms with Crippen LogP contribution in [0.3, 0.4) is 0 Å². The Morgan fingerprint density at radius 3 is 2.40 bits per heavy atom. The molecule has 0 heterocycles. The first-order valence-corrected chi connectivity index (χ1v) is 7.37. The van der Waals surface area contributed by atoms with Crippen molar-refractivity contribution >= 4 is 21.6 Å². The quantitative estimate of drug-likeness (QED) is 0.723. The number of rotatable bonds is 5. The van der Waals surface area contributed by atoms with E-state index in [9.17, 15) is 13.2 Å². The first-order chi connectivity index (χ1) is 9.11. The Morgan fingerprint density at radius 2 is 1.95 bits per heavy atom. The fraction of sp³-hybridized carbons (Fsp3) is 0.417. The molecule has 0 atom stereocenters. The second kappa shape index (κ2) is 5.78. The number of carbonyl (C=O) groups excluding carboxylic acids is 1. The van der Waals surface area contributed by atoms with E-state index in [1.165, 1.54) is 25.3 Å². The van der Waals surface area contributed by atoms with Crippen LogP contribution in [-0.4, -0.2) is 34.0 Å². The van der Waals surface area contributed by atoms with Gasteiger partial charge in [0.25, 0.3) is 0 Å². The van der Waals surface area contributed by atoms with E-state index in [0.29, 0.717) is 5.75 Å². The van der Waals surface area contributed by atoms with Gasteiger partial charge < -0.3 is 15.4 Å². The number of carbonyl (C=O) groups is 1. The highest BCUT2D eigenvalue weighted by molar-refractivity contribution is 7.89. The van der Waals surface area contributed by atoms with Gasteiger partial charge in [0, 0.05) is 0 Å². The van der Waals surface area contributed by atoms with Crippen molar-refractivity contribution in [1.82, 2.24) is 5.32 Å². The van der Waals surface area contributed by atoms with Crippen molar-refractivity contribution in [2.24, 2.45) is 5.14 Å². The zero-order chi connectivity index (χ0) is 15.6. The number of nitrogens with two attached hydrogens (primary N) is 1. The van der Waals surface area contributed by atoms with Gasteiger partial charge in [-0.25, -0.2) is 13.6 Å². The Kier molecular flexibility index (Phi) is 4.74. The van der Waals surface area contributed by atoms with Gasteiger partial charge in [0.15, 0.2) is 0 Å². The van der Waals surface area contributed by atoms with E-state index in [1.807, 2.05) is 0 Å². The lowest BCUT2D eigenvalue weighted by molar-refractivity contribution is -0.121. The largest absolute Gasteiger partial charge is 0.495 e. The number of hydrogen-bond donors (Lipinski definition) is 3. The normalized spacial score (nSPS) is 12.1. The minimum atomic E-state index is -3.85. The maximum Gasteiger partial charge on any atom is 0.244 e. The van der Waals surface area contributed by atoms with Gasteiger partial charge in [-0.15, -0.1) is 0 Å². The molecule has 20 heavy (non-hydrogen) atoms. The molecule has 1 aromatic rings. The molecule has 1 rings (SSSR count). The molecule has 0 aliphatic heterocycles. The molecular formula is C12H19N3O4S. The van der Waals surface area contributed by atoms with E-state index in [0.717, 1.165) is 0 Å². The average molecular weight is 301 g/mol. The molecule has 0 spiro atoms. The zero-order valence-electron chi connectivity index (χ0n) is 11.9. The first-order valence-electron chi connectivity index (χ1n) is 5.83. The third kappa shape index (κ3) is 3.69. The summed E-state index contributed by atoms with van der Waals surface area (Å²) in [6, 6.07) is 4.01. The number of hydrogen-bond acceptors (Lipinski definition) is 5. The van der Waals surface area contributed by atoms with Crippen LogP contribution in [0.2, 0.25) is 0 Å². The summed E-state index contributed by atoms with van der Waals surface area (Å²) >= 11 is 0. The Bertz CT molecular complexity index is 611. The van der Waals surface area contributed by atoms with Crippen molar-refractivity contribution in [3.05, 3.63) is 18.2 Å². The van der Waals surface area contributed by atoms with Crippen LogP contribution in [-0.2, 0) is 14.8 Å². The summed E-state index contributed by atoms with van der Waals surface area (Å²) in [6.07, 6.45) is 0. The molecule has 0 radical (unpaired) electrons. The lowest BCUT2D eigenvalue weighted by Gasteiger charge is -2.23. The molecule has 0 bridgehead atoms.